The number of nitrogens with one attached hydrogen (secondary N) is 1. The number of pyridine rings is 1. The van der Waals surface area contributed by atoms with Gasteiger partial charge in [0, 0.05) is 25.8 Å². The fourth-order valence-electron chi connectivity index (χ4n) is 3.40. The van der Waals surface area contributed by atoms with E-state index in [0.29, 0.717) is 37.1 Å². The van der Waals surface area contributed by atoms with Crippen LogP contribution in [0.15, 0.2) is 18.3 Å². The summed E-state index contributed by atoms with van der Waals surface area (Å²) in [6.45, 7) is 3.08. The molecule has 0 bridgehead atoms. The average Bonchev–Trinajstić information content (AvgIpc) is 3.15. The van der Waals surface area contributed by atoms with Gasteiger partial charge in [-0.05, 0) is 30.9 Å². The van der Waals surface area contributed by atoms with Gasteiger partial charge in [0.05, 0.1) is 24.9 Å². The molecule has 1 aliphatic heterocycles. The maximum atomic E-state index is 12.5. The number of hydrogen-bond acceptors (Lipinski definition) is 5. The smallest absolute Gasteiger partial charge is 0.255 e. The summed E-state index contributed by atoms with van der Waals surface area (Å²) in [7, 11) is 0. The van der Waals surface area contributed by atoms with Gasteiger partial charge in [-0.3, -0.25) is 4.79 Å². The summed E-state index contributed by atoms with van der Waals surface area (Å²) < 4.78 is 5.35. The van der Waals surface area contributed by atoms with Crippen LogP contribution in [-0.2, 0) is 4.74 Å². The van der Waals surface area contributed by atoms with Gasteiger partial charge in [0.15, 0.2) is 0 Å². The van der Waals surface area contributed by atoms with Gasteiger partial charge in [0.1, 0.15) is 5.82 Å². The first-order valence-corrected chi connectivity index (χ1v) is 8.49. The standard InChI is InChI=1S/C17H25N3O3/c21-15(13-4-1-2-5-13)12-19-17(22)14-6-3-7-18-16(14)20-8-10-23-11-9-20/h3,6-7,13,15,21H,1-2,4-5,8-12H2,(H,19,22)/t15-/m1/s1. The van der Waals surface area contributed by atoms with Gasteiger partial charge in [0.25, 0.3) is 5.91 Å². The molecule has 0 spiro atoms. The third-order valence-corrected chi connectivity index (χ3v) is 4.76. The third-order valence-electron chi connectivity index (χ3n) is 4.76. The van der Waals surface area contributed by atoms with Crippen LogP contribution < -0.4 is 10.2 Å². The van der Waals surface area contributed by atoms with E-state index in [0.717, 1.165) is 25.9 Å². The highest BCUT2D eigenvalue weighted by atomic mass is 16.5. The second kappa shape index (κ2) is 7.75. The molecule has 2 fully saturated rings. The molecule has 3 rings (SSSR count). The molecule has 1 aromatic rings. The second-order valence-electron chi connectivity index (χ2n) is 6.30. The topological polar surface area (TPSA) is 74.7 Å². The summed E-state index contributed by atoms with van der Waals surface area (Å²) >= 11 is 0. The molecule has 0 unspecified atom stereocenters. The average molecular weight is 319 g/mol. The summed E-state index contributed by atoms with van der Waals surface area (Å²) in [6, 6.07) is 3.56. The van der Waals surface area contributed by atoms with E-state index in [4.69, 9.17) is 4.74 Å². The molecule has 2 aliphatic rings. The first-order chi connectivity index (χ1) is 11.3. The minimum atomic E-state index is -0.454. The molecule has 2 heterocycles. The molecule has 1 atom stereocenters. The number of carbonyl (C=O) groups is 1. The van der Waals surface area contributed by atoms with Gasteiger partial charge in [-0.25, -0.2) is 4.98 Å². The van der Waals surface area contributed by atoms with Crippen molar-refractivity contribution in [3.8, 4) is 0 Å². The van der Waals surface area contributed by atoms with E-state index in [9.17, 15) is 9.90 Å². The number of nitrogens with zero attached hydrogens (tertiary/aromatic N) is 2. The Bertz CT molecular complexity index is 526. The molecular weight excluding hydrogens is 294 g/mol. The predicted octanol–water partition coefficient (Wildman–Crippen LogP) is 1.20. The van der Waals surface area contributed by atoms with E-state index in [1.165, 1.54) is 12.8 Å². The fourth-order valence-corrected chi connectivity index (χ4v) is 3.40. The number of anilines is 1. The Labute approximate surface area is 136 Å². The molecule has 6 nitrogen and oxygen atoms in total. The summed E-state index contributed by atoms with van der Waals surface area (Å²) in [5.41, 5.74) is 0.563. The third kappa shape index (κ3) is 4.00. The Kier molecular flexibility index (Phi) is 5.46. The SMILES string of the molecule is O=C(NC[C@@H](O)C1CCCC1)c1cccnc1N1CCOCC1. The van der Waals surface area contributed by atoms with Crippen molar-refractivity contribution in [2.24, 2.45) is 5.92 Å². The summed E-state index contributed by atoms with van der Waals surface area (Å²) in [6.07, 6.45) is 5.73. The molecule has 1 saturated carbocycles. The molecule has 23 heavy (non-hydrogen) atoms. The van der Waals surface area contributed by atoms with Gasteiger partial charge in [0.2, 0.25) is 0 Å². The molecule has 1 aromatic heterocycles. The van der Waals surface area contributed by atoms with Crippen molar-refractivity contribution in [2.45, 2.75) is 31.8 Å². The van der Waals surface area contributed by atoms with Crippen molar-refractivity contribution in [3.05, 3.63) is 23.9 Å². The second-order valence-corrected chi connectivity index (χ2v) is 6.30. The van der Waals surface area contributed by atoms with Gasteiger partial charge < -0.3 is 20.1 Å². The molecule has 2 N–H and O–H groups in total. The molecule has 6 heteroatoms. The van der Waals surface area contributed by atoms with Crippen molar-refractivity contribution in [1.29, 1.82) is 0 Å². The normalized spacial score (nSPS) is 20.5. The first kappa shape index (κ1) is 16.2. The highest BCUT2D eigenvalue weighted by Gasteiger charge is 2.25. The van der Waals surface area contributed by atoms with E-state index in [-0.39, 0.29) is 5.91 Å². The maximum absolute atomic E-state index is 12.5. The molecule has 1 amide bonds. The molecule has 1 saturated heterocycles. The van der Waals surface area contributed by atoms with Crippen LogP contribution in [0.1, 0.15) is 36.0 Å². The molecule has 126 valence electrons. The lowest BCUT2D eigenvalue weighted by Crippen LogP contribution is -2.40. The zero-order valence-corrected chi connectivity index (χ0v) is 13.4. The zero-order valence-electron chi connectivity index (χ0n) is 13.4. The number of carbonyl (C=O) groups excluding carboxylic acids is 1. The van der Waals surface area contributed by atoms with Gasteiger partial charge >= 0.3 is 0 Å². The lowest BCUT2D eigenvalue weighted by molar-refractivity contribution is 0.0839. The lowest BCUT2D eigenvalue weighted by Gasteiger charge is -2.29. The Hall–Kier alpha value is -1.66. The monoisotopic (exact) mass is 319 g/mol. The number of aromatic nitrogens is 1. The van der Waals surface area contributed by atoms with Crippen molar-refractivity contribution in [1.82, 2.24) is 10.3 Å². The lowest BCUT2D eigenvalue weighted by atomic mass is 10.0. The number of hydrogen-bond donors (Lipinski definition) is 2. The predicted molar refractivity (Wildman–Crippen MR) is 87.6 cm³/mol. The summed E-state index contributed by atoms with van der Waals surface area (Å²) in [5.74, 6) is 0.850. The van der Waals surface area contributed by atoms with Crippen LogP contribution in [0.2, 0.25) is 0 Å². The summed E-state index contributed by atoms with van der Waals surface area (Å²) in [4.78, 5) is 19.0. The van der Waals surface area contributed by atoms with Crippen molar-refractivity contribution in [3.63, 3.8) is 0 Å². The van der Waals surface area contributed by atoms with Crippen LogP contribution >= 0.6 is 0 Å². The van der Waals surface area contributed by atoms with Crippen LogP contribution in [0.3, 0.4) is 0 Å². The van der Waals surface area contributed by atoms with E-state index < -0.39 is 6.10 Å². The number of ether oxygens (including phenoxy) is 1. The molecule has 0 aromatic carbocycles. The number of morpholine rings is 1. The highest BCUT2D eigenvalue weighted by Crippen LogP contribution is 2.27. The van der Waals surface area contributed by atoms with Crippen LogP contribution in [-0.4, -0.2) is 54.9 Å². The van der Waals surface area contributed by atoms with E-state index in [1.807, 2.05) is 0 Å². The minimum absolute atomic E-state index is 0.170. The zero-order chi connectivity index (χ0) is 16.1. The largest absolute Gasteiger partial charge is 0.391 e. The van der Waals surface area contributed by atoms with Gasteiger partial charge in [-0.1, -0.05) is 12.8 Å². The number of aliphatic hydroxyl groups is 1. The maximum Gasteiger partial charge on any atom is 0.255 e. The van der Waals surface area contributed by atoms with Gasteiger partial charge in [-0.2, -0.15) is 0 Å². The fraction of sp³-hybridized carbons (Fsp3) is 0.647. The minimum Gasteiger partial charge on any atom is -0.391 e. The van der Waals surface area contributed by atoms with Crippen LogP contribution in [0.5, 0.6) is 0 Å². The summed E-state index contributed by atoms with van der Waals surface area (Å²) in [5, 5.41) is 13.1. The molecule has 0 radical (unpaired) electrons. The molecular formula is C17H25N3O3. The first-order valence-electron chi connectivity index (χ1n) is 8.49. The quantitative estimate of drug-likeness (QED) is 0.853. The van der Waals surface area contributed by atoms with Crippen molar-refractivity contribution in [2.75, 3.05) is 37.7 Å². The number of amides is 1. The number of aliphatic hydroxyl groups excluding tert-OH is 1. The van der Waals surface area contributed by atoms with Crippen LogP contribution in [0, 0.1) is 5.92 Å². The van der Waals surface area contributed by atoms with E-state index in [1.54, 1.807) is 18.3 Å². The van der Waals surface area contributed by atoms with Crippen molar-refractivity contribution < 1.29 is 14.6 Å². The number of rotatable bonds is 5. The Morgan fingerprint density at radius 1 is 1.39 bits per heavy atom. The Morgan fingerprint density at radius 3 is 2.87 bits per heavy atom. The van der Waals surface area contributed by atoms with E-state index in [2.05, 4.69) is 15.2 Å². The van der Waals surface area contributed by atoms with Crippen LogP contribution in [0.4, 0.5) is 5.82 Å². The Morgan fingerprint density at radius 2 is 2.13 bits per heavy atom. The van der Waals surface area contributed by atoms with Crippen LogP contribution in [0.25, 0.3) is 0 Å². The highest BCUT2D eigenvalue weighted by molar-refractivity contribution is 5.98. The Balaban J connectivity index is 1.62. The van der Waals surface area contributed by atoms with Gasteiger partial charge in [-0.15, -0.1) is 0 Å². The van der Waals surface area contributed by atoms with E-state index >= 15 is 0 Å². The van der Waals surface area contributed by atoms with Crippen molar-refractivity contribution >= 4 is 11.7 Å². The molecule has 1 aliphatic carbocycles.